The van der Waals surface area contributed by atoms with Gasteiger partial charge in [-0.15, -0.1) is 0 Å². The van der Waals surface area contributed by atoms with Crippen molar-refractivity contribution in [1.82, 2.24) is 0 Å². The van der Waals surface area contributed by atoms with E-state index in [9.17, 15) is 0 Å². The van der Waals surface area contributed by atoms with Gasteiger partial charge in [0, 0.05) is 0 Å². The molecule has 0 aromatic rings. The molecule has 0 saturated carbocycles. The summed E-state index contributed by atoms with van der Waals surface area (Å²) < 4.78 is 51.5. The minimum Gasteiger partial charge on any atom is 4.00 e. The van der Waals surface area contributed by atoms with E-state index in [1.165, 1.54) is 0 Å². The Hall–Kier alpha value is 0.600. The first-order valence-electron chi connectivity index (χ1n) is 1.22. The van der Waals surface area contributed by atoms with Crippen LogP contribution in [0.3, 0.4) is 0 Å². The van der Waals surface area contributed by atoms with Crippen molar-refractivity contribution in [1.29, 1.82) is 0 Å². The predicted octanol–water partition coefficient (Wildman–Crippen LogP) is -5.76. The van der Waals surface area contributed by atoms with Gasteiger partial charge in [0.15, 0.2) is 0 Å². The molecule has 0 fully saturated rings. The Kier molecular flexibility index (Phi) is 20.7. The van der Waals surface area contributed by atoms with E-state index in [4.69, 9.17) is 24.1 Å². The second-order valence-electron chi connectivity index (χ2n) is 0.500. The van der Waals surface area contributed by atoms with Crippen LogP contribution in [0, 0.1) is 0 Å². The second-order valence-corrected chi connectivity index (χ2v) is 2.60. The van der Waals surface area contributed by atoms with Crippen molar-refractivity contribution >= 4 is 29.9 Å². The molecule has 0 bridgehead atoms. The Morgan fingerprint density at radius 3 is 0.778 bits per heavy atom. The van der Waals surface area contributed by atoms with Gasteiger partial charge in [0.05, 0.1) is 0 Å². The fourth-order valence-corrected chi connectivity index (χ4v) is 0. The van der Waals surface area contributed by atoms with Crippen molar-refractivity contribution in [2.24, 2.45) is 0 Å². The van der Waals surface area contributed by atoms with Gasteiger partial charge in [-0.1, -0.05) is 0 Å². The molecule has 0 aromatic heterocycles. The molecule has 0 radical (unpaired) electrons. The summed E-state index contributed by atoms with van der Waals surface area (Å²) in [5, 5.41) is 0. The standard InChI is InChI=1S/2GeO3.Ti/c2*2-1(3)4;/q2*-2;+4. The Bertz CT molecular complexity index is 69.1. The smallest absolute Gasteiger partial charge is 4.00 e. The fourth-order valence-electron chi connectivity index (χ4n) is 0. The van der Waals surface area contributed by atoms with E-state index in [0.717, 1.165) is 0 Å². The van der Waals surface area contributed by atoms with E-state index in [-0.39, 0.29) is 21.7 Å². The normalized spacial score (nSPS) is 5.33. The molecular weight excluding hydrogens is 289 g/mol. The molecule has 0 heterocycles. The zero-order chi connectivity index (χ0) is 7.15. The van der Waals surface area contributed by atoms with Crippen LogP contribution >= 0.6 is 0 Å². The molecule has 9 heteroatoms. The van der Waals surface area contributed by atoms with Crippen LogP contribution in [0.5, 0.6) is 0 Å². The first kappa shape index (κ1) is 16.3. The summed E-state index contributed by atoms with van der Waals surface area (Å²) in [6.45, 7) is 0. The zero-order valence-corrected chi connectivity index (χ0v) is 9.71. The number of rotatable bonds is 0. The van der Waals surface area contributed by atoms with Gasteiger partial charge >= 0.3 is 75.7 Å². The molecule has 0 N–H and O–H groups in total. The van der Waals surface area contributed by atoms with Gasteiger partial charge < -0.3 is 0 Å². The van der Waals surface area contributed by atoms with E-state index in [1.54, 1.807) is 0 Å². The summed E-state index contributed by atoms with van der Waals surface area (Å²) in [6.07, 6.45) is 0. The SMILES string of the molecule is [O]=[Ge]([O-])[O-].[O]=[Ge]([O-])[O-].[Ti+4]. The molecular formula is Ge2O6Ti. The van der Waals surface area contributed by atoms with Crippen LogP contribution in [0.15, 0.2) is 0 Å². The van der Waals surface area contributed by atoms with Crippen molar-refractivity contribution in [3.8, 4) is 0 Å². The molecule has 0 atom stereocenters. The molecule has 6 nitrogen and oxygen atoms in total. The van der Waals surface area contributed by atoms with E-state index in [0.29, 0.717) is 0 Å². The maximum atomic E-state index is 8.58. The van der Waals surface area contributed by atoms with Crippen LogP contribution in [-0.4, -0.2) is 29.9 Å². The maximum Gasteiger partial charge on any atom is 4.00 e. The topological polar surface area (TPSA) is 126 Å². The molecule has 0 aliphatic carbocycles. The molecule has 0 aliphatic heterocycles. The van der Waals surface area contributed by atoms with E-state index in [1.807, 2.05) is 0 Å². The minimum atomic E-state index is -4.08. The van der Waals surface area contributed by atoms with Crippen molar-refractivity contribution in [3.05, 3.63) is 0 Å². The van der Waals surface area contributed by atoms with Crippen LogP contribution in [-0.2, 0) is 29.3 Å². The summed E-state index contributed by atoms with van der Waals surface area (Å²) in [7, 11) is 0. The Morgan fingerprint density at radius 2 is 0.778 bits per heavy atom. The molecule has 0 aromatic carbocycles. The van der Waals surface area contributed by atoms with Crippen LogP contribution in [0.4, 0.5) is 0 Å². The van der Waals surface area contributed by atoms with E-state index < -0.39 is 29.9 Å². The quantitative estimate of drug-likeness (QED) is 0.409. The fraction of sp³-hybridized carbons (Fsp3) is 0. The van der Waals surface area contributed by atoms with Gasteiger partial charge in [0.25, 0.3) is 0 Å². The van der Waals surface area contributed by atoms with Crippen molar-refractivity contribution in [3.63, 3.8) is 0 Å². The van der Waals surface area contributed by atoms with Gasteiger partial charge in [-0.05, 0) is 0 Å². The van der Waals surface area contributed by atoms with Crippen molar-refractivity contribution in [2.75, 3.05) is 0 Å². The molecule has 0 spiro atoms. The maximum absolute atomic E-state index is 8.58. The van der Waals surface area contributed by atoms with Crippen LogP contribution in [0.25, 0.3) is 0 Å². The Morgan fingerprint density at radius 1 is 0.778 bits per heavy atom. The summed E-state index contributed by atoms with van der Waals surface area (Å²) in [5.41, 5.74) is 0. The molecule has 0 saturated heterocycles. The van der Waals surface area contributed by atoms with E-state index in [2.05, 4.69) is 0 Å². The summed E-state index contributed by atoms with van der Waals surface area (Å²) in [6, 6.07) is 0. The average Bonchev–Trinajstić information content (AvgIpc) is 1.25. The minimum absolute atomic E-state index is 0. The third-order valence-electron chi connectivity index (χ3n) is 0. The predicted molar refractivity (Wildman–Crippen MR) is 12.9 cm³/mol. The molecule has 0 amide bonds. The molecule has 0 aliphatic rings. The summed E-state index contributed by atoms with van der Waals surface area (Å²) in [4.78, 5) is 0. The molecule has 0 rings (SSSR count). The van der Waals surface area contributed by atoms with Gasteiger partial charge in [-0.2, -0.15) is 0 Å². The largest absolute Gasteiger partial charge is 4.00 e. The third-order valence-corrected chi connectivity index (χ3v) is 0. The van der Waals surface area contributed by atoms with E-state index >= 15 is 0 Å². The molecule has 48 valence electrons. The number of hydrogen-bond donors (Lipinski definition) is 0. The van der Waals surface area contributed by atoms with Gasteiger partial charge in [0.2, 0.25) is 0 Å². The van der Waals surface area contributed by atoms with Crippen LogP contribution in [0.1, 0.15) is 0 Å². The van der Waals surface area contributed by atoms with Gasteiger partial charge in [0.1, 0.15) is 0 Å². The Balaban J connectivity index is -0.0000000720. The summed E-state index contributed by atoms with van der Waals surface area (Å²) in [5.74, 6) is 0. The van der Waals surface area contributed by atoms with Crippen LogP contribution in [0.2, 0.25) is 0 Å². The molecule has 0 unspecified atom stereocenters. The third kappa shape index (κ3) is 1040. The monoisotopic (exact) mass is 292 g/mol. The average molecular weight is 289 g/mol. The van der Waals surface area contributed by atoms with Crippen molar-refractivity contribution < 1.29 is 45.8 Å². The van der Waals surface area contributed by atoms with Crippen molar-refractivity contribution in [2.45, 2.75) is 0 Å². The second kappa shape index (κ2) is 11.4. The molecule has 9 heavy (non-hydrogen) atoms. The van der Waals surface area contributed by atoms with Gasteiger partial charge in [-0.25, -0.2) is 0 Å². The first-order chi connectivity index (χ1) is 3.46. The van der Waals surface area contributed by atoms with Gasteiger partial charge in [-0.3, -0.25) is 0 Å². The number of hydrogen-bond acceptors (Lipinski definition) is 6. The zero-order valence-electron chi connectivity index (χ0n) is 3.95. The summed E-state index contributed by atoms with van der Waals surface area (Å²) >= 11 is -8.17. The van der Waals surface area contributed by atoms with Crippen LogP contribution < -0.4 is 16.5 Å². The first-order valence-corrected chi connectivity index (χ1v) is 6.36. The Labute approximate surface area is 75.4 Å².